The molecule has 1 unspecified atom stereocenters. The summed E-state index contributed by atoms with van der Waals surface area (Å²) in [6, 6.07) is 13.9. The molecule has 0 aliphatic carbocycles. The highest BCUT2D eigenvalue weighted by Crippen LogP contribution is 2.38. The number of rotatable bonds is 6. The maximum absolute atomic E-state index is 14.1. The SMILES string of the molecule is CN1N=C2CCN(C(=O)C(N)CCc3ccc(Br)cc3F)C[C@@]2(Cc2ccccc2)C1=O. The van der Waals surface area contributed by atoms with Gasteiger partial charge in [0.25, 0.3) is 5.91 Å². The molecule has 2 amide bonds. The standard InChI is InChI=1S/C24H26BrFN4O2/c1-29-23(32)24(14-16-5-3-2-4-6-16)15-30(12-11-21(24)28-29)22(31)20(27)10-8-17-7-9-18(25)13-19(17)26/h2-7,9,13,20H,8,10-12,14-15,27H2,1H3/t20?,24-/m1/s1. The molecular formula is C24H26BrFN4O2. The third kappa shape index (κ3) is 4.34. The maximum atomic E-state index is 14.1. The topological polar surface area (TPSA) is 79.0 Å². The summed E-state index contributed by atoms with van der Waals surface area (Å²) in [4.78, 5) is 28.0. The van der Waals surface area contributed by atoms with Crippen LogP contribution < -0.4 is 5.73 Å². The van der Waals surface area contributed by atoms with Crippen molar-refractivity contribution in [2.75, 3.05) is 20.1 Å². The Morgan fingerprint density at radius 2 is 2.03 bits per heavy atom. The number of benzene rings is 2. The molecule has 1 saturated heterocycles. The van der Waals surface area contributed by atoms with E-state index in [2.05, 4.69) is 21.0 Å². The van der Waals surface area contributed by atoms with E-state index >= 15 is 0 Å². The second-order valence-electron chi connectivity index (χ2n) is 8.51. The van der Waals surface area contributed by atoms with E-state index in [0.29, 0.717) is 42.3 Å². The van der Waals surface area contributed by atoms with Gasteiger partial charge in [-0.15, -0.1) is 0 Å². The van der Waals surface area contributed by atoms with Crippen molar-refractivity contribution in [1.29, 1.82) is 0 Å². The van der Waals surface area contributed by atoms with Gasteiger partial charge in [-0.1, -0.05) is 52.3 Å². The fourth-order valence-corrected chi connectivity index (χ4v) is 4.94. The average Bonchev–Trinajstić information content (AvgIpc) is 3.02. The Hall–Kier alpha value is -2.58. The van der Waals surface area contributed by atoms with Crippen LogP contribution >= 0.6 is 15.9 Å². The van der Waals surface area contributed by atoms with Gasteiger partial charge in [0, 0.05) is 31.0 Å². The second kappa shape index (κ2) is 9.11. The van der Waals surface area contributed by atoms with E-state index in [1.165, 1.54) is 11.1 Å². The molecule has 2 aromatic carbocycles. The van der Waals surface area contributed by atoms with E-state index in [1.807, 2.05) is 30.3 Å². The lowest BCUT2D eigenvalue weighted by molar-refractivity contribution is -0.140. The minimum absolute atomic E-state index is 0.0978. The summed E-state index contributed by atoms with van der Waals surface area (Å²) in [6.45, 7) is 0.721. The molecule has 0 spiro atoms. The normalized spacial score (nSPS) is 21.4. The van der Waals surface area contributed by atoms with Crippen LogP contribution in [0.2, 0.25) is 0 Å². The number of amides is 2. The van der Waals surface area contributed by atoms with Crippen LogP contribution in [0.5, 0.6) is 0 Å². The highest BCUT2D eigenvalue weighted by molar-refractivity contribution is 9.10. The van der Waals surface area contributed by atoms with Crippen LogP contribution in [0.4, 0.5) is 4.39 Å². The fourth-order valence-electron chi connectivity index (χ4n) is 4.61. The average molecular weight is 501 g/mol. The lowest BCUT2D eigenvalue weighted by Gasteiger charge is -2.40. The number of hydrogen-bond acceptors (Lipinski definition) is 4. The number of aryl methyl sites for hydroxylation is 1. The van der Waals surface area contributed by atoms with Gasteiger partial charge in [-0.25, -0.2) is 9.40 Å². The smallest absolute Gasteiger partial charge is 0.256 e. The van der Waals surface area contributed by atoms with Gasteiger partial charge in [0.05, 0.1) is 11.8 Å². The quantitative estimate of drug-likeness (QED) is 0.661. The molecule has 2 N–H and O–H groups in total. The molecule has 8 heteroatoms. The summed E-state index contributed by atoms with van der Waals surface area (Å²) < 4.78 is 14.8. The third-order valence-corrected chi connectivity index (χ3v) is 6.82. The molecule has 2 aliphatic heterocycles. The lowest BCUT2D eigenvalue weighted by Crippen LogP contribution is -2.58. The molecule has 6 nitrogen and oxygen atoms in total. The summed E-state index contributed by atoms with van der Waals surface area (Å²) in [5, 5.41) is 5.87. The Kier molecular flexibility index (Phi) is 6.44. The Morgan fingerprint density at radius 3 is 2.75 bits per heavy atom. The summed E-state index contributed by atoms with van der Waals surface area (Å²) in [5.74, 6) is -0.630. The highest BCUT2D eigenvalue weighted by Gasteiger charge is 2.53. The van der Waals surface area contributed by atoms with Gasteiger partial charge in [0.1, 0.15) is 11.2 Å². The van der Waals surface area contributed by atoms with Crippen LogP contribution in [0.3, 0.4) is 0 Å². The van der Waals surface area contributed by atoms with Crippen molar-refractivity contribution >= 4 is 33.5 Å². The fraction of sp³-hybridized carbons (Fsp3) is 0.375. The van der Waals surface area contributed by atoms with Gasteiger partial charge >= 0.3 is 0 Å². The molecule has 4 rings (SSSR count). The summed E-state index contributed by atoms with van der Waals surface area (Å²) in [5.41, 5.74) is 7.73. The van der Waals surface area contributed by atoms with Crippen molar-refractivity contribution in [2.45, 2.75) is 31.7 Å². The van der Waals surface area contributed by atoms with Crippen molar-refractivity contribution < 1.29 is 14.0 Å². The molecule has 0 saturated carbocycles. The first-order chi connectivity index (χ1) is 15.3. The van der Waals surface area contributed by atoms with E-state index in [0.717, 1.165) is 11.3 Å². The zero-order valence-corrected chi connectivity index (χ0v) is 19.5. The Balaban J connectivity index is 1.48. The van der Waals surface area contributed by atoms with Crippen molar-refractivity contribution in [2.24, 2.45) is 16.3 Å². The van der Waals surface area contributed by atoms with Gasteiger partial charge in [0.2, 0.25) is 5.91 Å². The second-order valence-corrected chi connectivity index (χ2v) is 9.43. The number of piperidine rings is 1. The van der Waals surface area contributed by atoms with Crippen LogP contribution in [0.1, 0.15) is 24.0 Å². The van der Waals surface area contributed by atoms with Gasteiger partial charge in [0.15, 0.2) is 0 Å². The summed E-state index contributed by atoms with van der Waals surface area (Å²) >= 11 is 3.25. The van der Waals surface area contributed by atoms with E-state index in [9.17, 15) is 14.0 Å². The van der Waals surface area contributed by atoms with Crippen molar-refractivity contribution in [1.82, 2.24) is 9.91 Å². The van der Waals surface area contributed by atoms with Gasteiger partial charge in [-0.05, 0) is 42.5 Å². The number of likely N-dealkylation sites (tertiary alicyclic amines) is 1. The Morgan fingerprint density at radius 1 is 1.28 bits per heavy atom. The van der Waals surface area contributed by atoms with E-state index < -0.39 is 11.5 Å². The van der Waals surface area contributed by atoms with Crippen LogP contribution in [-0.4, -0.2) is 53.6 Å². The maximum Gasteiger partial charge on any atom is 0.256 e. The minimum Gasteiger partial charge on any atom is -0.339 e. The monoisotopic (exact) mass is 500 g/mol. The molecule has 1 fully saturated rings. The molecular weight excluding hydrogens is 475 g/mol. The van der Waals surface area contributed by atoms with E-state index in [1.54, 1.807) is 24.1 Å². The van der Waals surface area contributed by atoms with E-state index in [-0.39, 0.29) is 24.2 Å². The lowest BCUT2D eigenvalue weighted by atomic mass is 9.73. The predicted molar refractivity (Wildman–Crippen MR) is 124 cm³/mol. The first-order valence-corrected chi connectivity index (χ1v) is 11.5. The van der Waals surface area contributed by atoms with Crippen molar-refractivity contribution in [3.63, 3.8) is 0 Å². The largest absolute Gasteiger partial charge is 0.339 e. The summed E-state index contributed by atoms with van der Waals surface area (Å²) in [6.07, 6.45) is 1.71. The first-order valence-electron chi connectivity index (χ1n) is 10.7. The number of carbonyl (C=O) groups excluding carboxylic acids is 2. The molecule has 2 heterocycles. The molecule has 2 aromatic rings. The third-order valence-electron chi connectivity index (χ3n) is 6.32. The van der Waals surface area contributed by atoms with Crippen LogP contribution in [0.25, 0.3) is 0 Å². The highest BCUT2D eigenvalue weighted by atomic mass is 79.9. The number of fused-ring (bicyclic) bond motifs is 1. The van der Waals surface area contributed by atoms with Crippen molar-refractivity contribution in [3.8, 4) is 0 Å². The van der Waals surface area contributed by atoms with E-state index in [4.69, 9.17) is 5.73 Å². The van der Waals surface area contributed by atoms with Crippen molar-refractivity contribution in [3.05, 3.63) is 69.9 Å². The van der Waals surface area contributed by atoms with Gasteiger partial charge in [-0.3, -0.25) is 9.59 Å². The number of halogens is 2. The number of nitrogens with two attached hydrogens (primary N) is 1. The zero-order chi connectivity index (χ0) is 22.9. The molecule has 32 heavy (non-hydrogen) atoms. The Bertz CT molecular complexity index is 1060. The van der Waals surface area contributed by atoms with Crippen LogP contribution in [0.15, 0.2) is 58.1 Å². The molecule has 2 atom stereocenters. The van der Waals surface area contributed by atoms with Gasteiger partial charge < -0.3 is 10.6 Å². The zero-order valence-electron chi connectivity index (χ0n) is 17.9. The first kappa shape index (κ1) is 22.6. The number of hydrogen-bond donors (Lipinski definition) is 1. The Labute approximate surface area is 195 Å². The number of carbonyl (C=O) groups is 2. The molecule has 2 aliphatic rings. The summed E-state index contributed by atoms with van der Waals surface area (Å²) in [7, 11) is 1.66. The van der Waals surface area contributed by atoms with Gasteiger partial charge in [-0.2, -0.15) is 5.10 Å². The number of hydrazone groups is 1. The molecule has 0 radical (unpaired) electrons. The van der Waals surface area contributed by atoms with Crippen LogP contribution in [-0.2, 0) is 22.4 Å². The number of nitrogens with zero attached hydrogens (tertiary/aromatic N) is 3. The van der Waals surface area contributed by atoms with Crippen LogP contribution in [0, 0.1) is 11.2 Å². The molecule has 168 valence electrons. The minimum atomic E-state index is -0.860. The molecule has 0 bridgehead atoms. The molecule has 0 aromatic heterocycles. The predicted octanol–water partition coefficient (Wildman–Crippen LogP) is 3.14.